The van der Waals surface area contributed by atoms with Gasteiger partial charge in [-0.1, -0.05) is 60.7 Å². The summed E-state index contributed by atoms with van der Waals surface area (Å²) in [6.45, 7) is 4.07. The number of anilines is 2. The van der Waals surface area contributed by atoms with Gasteiger partial charge in [-0.05, 0) is 24.1 Å². The van der Waals surface area contributed by atoms with Crippen LogP contribution in [0.25, 0.3) is 0 Å². The maximum atomic E-state index is 6.47. The van der Waals surface area contributed by atoms with Crippen LogP contribution < -0.4 is 10.2 Å². The van der Waals surface area contributed by atoms with Gasteiger partial charge in [-0.15, -0.1) is 0 Å². The van der Waals surface area contributed by atoms with E-state index in [0.29, 0.717) is 12.7 Å². The highest BCUT2D eigenvalue weighted by Gasteiger charge is 2.50. The zero-order chi connectivity index (χ0) is 21.1. The molecule has 160 valence electrons. The van der Waals surface area contributed by atoms with Crippen LogP contribution in [0, 0.1) is 0 Å². The molecule has 2 atom stereocenters. The molecule has 0 aliphatic carbocycles. The number of nitrogens with zero attached hydrogens (tertiary/aromatic N) is 3. The Hall–Kier alpha value is -2.96. The second-order valence-electron chi connectivity index (χ2n) is 8.25. The van der Waals surface area contributed by atoms with Crippen LogP contribution >= 0.6 is 0 Å². The molecule has 1 spiro atoms. The largest absolute Gasteiger partial charge is 0.381 e. The average molecular weight is 417 g/mol. The molecular formula is C25H28N4O2. The molecule has 6 heteroatoms. The predicted molar refractivity (Wildman–Crippen MR) is 121 cm³/mol. The summed E-state index contributed by atoms with van der Waals surface area (Å²) in [4.78, 5) is 11.6. The summed E-state index contributed by atoms with van der Waals surface area (Å²) in [7, 11) is 0. The van der Waals surface area contributed by atoms with Crippen LogP contribution in [0.4, 0.5) is 11.8 Å². The van der Waals surface area contributed by atoms with E-state index in [9.17, 15) is 0 Å². The summed E-state index contributed by atoms with van der Waals surface area (Å²) in [5, 5.41) is 3.44. The van der Waals surface area contributed by atoms with Crippen molar-refractivity contribution in [2.75, 3.05) is 30.2 Å². The molecular weight excluding hydrogens is 388 g/mol. The highest BCUT2D eigenvalue weighted by molar-refractivity contribution is 5.48. The van der Waals surface area contributed by atoms with Crippen LogP contribution in [0.1, 0.15) is 43.0 Å². The molecule has 1 aromatic heterocycles. The number of ether oxygens (including phenoxy) is 2. The van der Waals surface area contributed by atoms with Crippen LogP contribution in [0.3, 0.4) is 0 Å². The lowest BCUT2D eigenvalue weighted by molar-refractivity contribution is -0.0852. The summed E-state index contributed by atoms with van der Waals surface area (Å²) < 4.78 is 12.1. The Morgan fingerprint density at radius 2 is 1.71 bits per heavy atom. The van der Waals surface area contributed by atoms with Crippen LogP contribution in [0.15, 0.2) is 72.9 Å². The maximum Gasteiger partial charge on any atom is 0.225 e. The van der Waals surface area contributed by atoms with Crippen molar-refractivity contribution in [3.63, 3.8) is 0 Å². The first kappa shape index (κ1) is 20.0. The van der Waals surface area contributed by atoms with E-state index in [2.05, 4.69) is 64.6 Å². The molecule has 0 bridgehead atoms. The molecule has 3 aromatic rings. The normalized spacial score (nSPS) is 21.2. The molecule has 2 aliphatic heterocycles. The SMILES string of the molecule is C[C@H](Nc1nccc(N2COC3(CCOCC3)C2c2ccccc2)n1)c1ccccc1. The van der Waals surface area contributed by atoms with Crippen molar-refractivity contribution in [1.29, 1.82) is 0 Å². The van der Waals surface area contributed by atoms with E-state index in [1.807, 2.05) is 30.5 Å². The van der Waals surface area contributed by atoms with Crippen LogP contribution in [-0.2, 0) is 9.47 Å². The lowest BCUT2D eigenvalue weighted by atomic mass is 9.82. The van der Waals surface area contributed by atoms with E-state index in [4.69, 9.17) is 14.5 Å². The third kappa shape index (κ3) is 4.01. The summed E-state index contributed by atoms with van der Waals surface area (Å²) >= 11 is 0. The average Bonchev–Trinajstić information content (AvgIpc) is 3.19. The topological polar surface area (TPSA) is 59.5 Å². The fraction of sp³-hybridized carbons (Fsp3) is 0.360. The van der Waals surface area contributed by atoms with Gasteiger partial charge in [-0.3, -0.25) is 0 Å². The van der Waals surface area contributed by atoms with E-state index in [0.717, 1.165) is 31.9 Å². The van der Waals surface area contributed by atoms with Gasteiger partial charge in [0.2, 0.25) is 5.95 Å². The van der Waals surface area contributed by atoms with Gasteiger partial charge in [-0.25, -0.2) is 4.98 Å². The molecule has 1 unspecified atom stereocenters. The first-order valence-electron chi connectivity index (χ1n) is 10.9. The maximum absolute atomic E-state index is 6.47. The van der Waals surface area contributed by atoms with E-state index >= 15 is 0 Å². The number of nitrogens with one attached hydrogen (secondary N) is 1. The Morgan fingerprint density at radius 1 is 1.00 bits per heavy atom. The Bertz CT molecular complexity index is 993. The molecule has 2 aliphatic rings. The molecule has 0 amide bonds. The second kappa shape index (κ2) is 8.65. The van der Waals surface area contributed by atoms with Gasteiger partial charge < -0.3 is 19.7 Å². The fourth-order valence-electron chi connectivity index (χ4n) is 4.69. The summed E-state index contributed by atoms with van der Waals surface area (Å²) in [5.74, 6) is 1.49. The van der Waals surface area contributed by atoms with Crippen molar-refractivity contribution in [3.8, 4) is 0 Å². The number of benzene rings is 2. The Balaban J connectivity index is 1.44. The second-order valence-corrected chi connectivity index (χ2v) is 8.25. The summed E-state index contributed by atoms with van der Waals surface area (Å²) in [6, 6.07) is 23.1. The van der Waals surface area contributed by atoms with Crippen LogP contribution in [-0.4, -0.2) is 35.5 Å². The van der Waals surface area contributed by atoms with Crippen molar-refractivity contribution in [2.45, 2.75) is 37.5 Å². The Labute approximate surface area is 183 Å². The molecule has 6 nitrogen and oxygen atoms in total. The van der Waals surface area contributed by atoms with Crippen molar-refractivity contribution < 1.29 is 9.47 Å². The molecule has 3 heterocycles. The van der Waals surface area contributed by atoms with Gasteiger partial charge in [0.15, 0.2) is 0 Å². The van der Waals surface area contributed by atoms with Gasteiger partial charge in [-0.2, -0.15) is 4.98 Å². The van der Waals surface area contributed by atoms with E-state index < -0.39 is 0 Å². The molecule has 2 aromatic carbocycles. The summed E-state index contributed by atoms with van der Waals surface area (Å²) in [5.41, 5.74) is 2.19. The zero-order valence-corrected chi connectivity index (χ0v) is 17.8. The van der Waals surface area contributed by atoms with Gasteiger partial charge >= 0.3 is 0 Å². The first-order valence-corrected chi connectivity index (χ1v) is 10.9. The lowest BCUT2D eigenvalue weighted by Crippen LogP contribution is -2.43. The fourth-order valence-corrected chi connectivity index (χ4v) is 4.69. The van der Waals surface area contributed by atoms with Gasteiger partial charge in [0.05, 0.1) is 17.7 Å². The number of aromatic nitrogens is 2. The van der Waals surface area contributed by atoms with Crippen LogP contribution in [0.5, 0.6) is 0 Å². The quantitative estimate of drug-likeness (QED) is 0.649. The molecule has 5 rings (SSSR count). The zero-order valence-electron chi connectivity index (χ0n) is 17.8. The monoisotopic (exact) mass is 416 g/mol. The van der Waals surface area contributed by atoms with Gasteiger partial charge in [0.1, 0.15) is 12.5 Å². The molecule has 2 fully saturated rings. The minimum Gasteiger partial charge on any atom is -0.381 e. The smallest absolute Gasteiger partial charge is 0.225 e. The van der Waals surface area contributed by atoms with E-state index in [-0.39, 0.29) is 17.7 Å². The van der Waals surface area contributed by atoms with Crippen molar-refractivity contribution in [2.24, 2.45) is 0 Å². The third-order valence-electron chi connectivity index (χ3n) is 6.34. The Kier molecular flexibility index (Phi) is 5.57. The highest BCUT2D eigenvalue weighted by Crippen LogP contribution is 2.47. The highest BCUT2D eigenvalue weighted by atomic mass is 16.5. The van der Waals surface area contributed by atoms with E-state index in [1.165, 1.54) is 11.1 Å². The summed E-state index contributed by atoms with van der Waals surface area (Å²) in [6.07, 6.45) is 3.58. The molecule has 31 heavy (non-hydrogen) atoms. The number of hydrogen-bond acceptors (Lipinski definition) is 6. The van der Waals surface area contributed by atoms with E-state index in [1.54, 1.807) is 0 Å². The van der Waals surface area contributed by atoms with Gasteiger partial charge in [0.25, 0.3) is 0 Å². The standard InChI is InChI=1S/C25H28N4O2/c1-19(20-8-4-2-5-9-20)27-24-26-15-12-22(28-24)29-18-31-25(13-16-30-17-14-25)23(29)21-10-6-3-7-11-21/h2-12,15,19,23H,13-14,16-18H2,1H3,(H,26,27,28)/t19-,23?/m0/s1. The lowest BCUT2D eigenvalue weighted by Gasteiger charge is -2.39. The molecule has 2 saturated heterocycles. The molecule has 0 saturated carbocycles. The van der Waals surface area contributed by atoms with Gasteiger partial charge in [0, 0.05) is 32.3 Å². The van der Waals surface area contributed by atoms with Crippen molar-refractivity contribution in [1.82, 2.24) is 9.97 Å². The molecule has 0 radical (unpaired) electrons. The van der Waals surface area contributed by atoms with Crippen LogP contribution in [0.2, 0.25) is 0 Å². The molecule has 1 N–H and O–H groups in total. The third-order valence-corrected chi connectivity index (χ3v) is 6.34. The minimum atomic E-state index is -0.254. The van der Waals surface area contributed by atoms with Crippen molar-refractivity contribution in [3.05, 3.63) is 84.1 Å². The van der Waals surface area contributed by atoms with Crippen molar-refractivity contribution >= 4 is 11.8 Å². The minimum absolute atomic E-state index is 0.0897. The number of rotatable bonds is 5. The first-order chi connectivity index (χ1) is 15.3. The predicted octanol–water partition coefficient (Wildman–Crippen LogP) is 4.73. The Morgan fingerprint density at radius 3 is 2.45 bits per heavy atom. The number of hydrogen-bond donors (Lipinski definition) is 1.